The number of aliphatic imine (C=N–C) groups is 3. The Bertz CT molecular complexity index is 3750. The van der Waals surface area contributed by atoms with Crippen LogP contribution in [0.15, 0.2) is 106 Å². The lowest BCUT2D eigenvalue weighted by atomic mass is 9.80. The van der Waals surface area contributed by atoms with Gasteiger partial charge in [0.1, 0.15) is 39.9 Å². The van der Waals surface area contributed by atoms with E-state index in [-0.39, 0.29) is 33.8 Å². The van der Waals surface area contributed by atoms with Crippen molar-refractivity contribution in [1.82, 2.24) is 19.8 Å². The summed E-state index contributed by atoms with van der Waals surface area (Å²) in [5.74, 6) is 1.56. The van der Waals surface area contributed by atoms with Gasteiger partial charge in [-0.1, -0.05) is 102 Å². The van der Waals surface area contributed by atoms with Crippen molar-refractivity contribution in [2.45, 2.75) is 193 Å². The fourth-order valence-electron chi connectivity index (χ4n) is 13.0. The molecule has 11 rings (SSSR count). The number of pyridine rings is 2. The summed E-state index contributed by atoms with van der Waals surface area (Å²) >= 11 is 16.0. The molecule has 5 aromatic rings. The molecule has 3 fully saturated rings. The number of halogens is 5. The Kier molecular flexibility index (Phi) is 22.7. The molecule has 25 heteroatoms. The summed E-state index contributed by atoms with van der Waals surface area (Å²) in [6.45, 7) is 20.6. The first-order valence-electron chi connectivity index (χ1n) is 32.3. The summed E-state index contributed by atoms with van der Waals surface area (Å²) in [7, 11) is 0. The minimum Gasteiger partial charge on any atom is -0.443 e. The van der Waals surface area contributed by atoms with Gasteiger partial charge in [-0.25, -0.2) is 42.3 Å². The lowest BCUT2D eigenvalue weighted by Crippen LogP contribution is -2.49. The summed E-state index contributed by atoms with van der Waals surface area (Å²) in [5, 5.41) is 2.03. The molecule has 3 saturated carbocycles. The van der Waals surface area contributed by atoms with Crippen LogP contribution in [0.3, 0.4) is 0 Å². The number of hydrogen-bond donors (Lipinski definition) is 2. The fraction of sp³-hybridized carbons (Fsp3) is 0.507. The number of imide groups is 2. The molecule has 6 atom stereocenters. The molecule has 516 valence electrons. The van der Waals surface area contributed by atoms with Crippen LogP contribution in [0.2, 0.25) is 10.0 Å². The standard InChI is InChI=1S/C29H35ClFN3O4S.C23H32FN3O4S.C19H19ClFN3S/c1-27(2,3)37-25(35)34(26(36)38-28(4,5)6)24-33-29(13-7-8-19(29)17-39-24)22-15-18(9-12-23(22)31)14-21-11-10-20(30)16-32-21;1-21(2,3)30-19(28)27(20(29)31-22(4,5)6)18-26-23(11-7-8-14(23)13-32-18)16-12-15(25)9-10-17(16)24;20-14-4-5-15(23-10-14)8-12-3-6-17(21)16(9-12)19-7-1-2-13(19)11-25-18(22)24-19/h9-12,15-16,19H,7-8,13-14,17H2,1-6H3;9-10,12,14H,7-8,11,13,25H2,1-6H3;3-6,9-10,13H,1-2,7-8,11H2,(H2,22,24)/t19-,29-;14-,23-;13-,19-/m000/s1. The molecule has 3 aromatic carbocycles. The van der Waals surface area contributed by atoms with Crippen LogP contribution in [-0.2, 0) is 48.4 Å². The molecule has 0 spiro atoms. The number of amides is 4. The minimum absolute atomic E-state index is 0.0452. The van der Waals surface area contributed by atoms with E-state index in [1.807, 2.05) is 36.4 Å². The Labute approximate surface area is 583 Å². The second kappa shape index (κ2) is 29.5. The number of hydrogen-bond acceptors (Lipinski definition) is 18. The summed E-state index contributed by atoms with van der Waals surface area (Å²) in [6.07, 6.45) is 8.48. The molecule has 4 N–H and O–H groups in total. The maximum absolute atomic E-state index is 15.6. The number of benzene rings is 3. The molecular weight excluding hydrogens is 1330 g/mol. The number of rotatable bonds is 7. The van der Waals surface area contributed by atoms with Crippen LogP contribution in [0.5, 0.6) is 0 Å². The largest absolute Gasteiger partial charge is 0.443 e. The van der Waals surface area contributed by atoms with Crippen LogP contribution < -0.4 is 11.5 Å². The van der Waals surface area contributed by atoms with E-state index < -0.39 is 69.2 Å². The van der Waals surface area contributed by atoms with Gasteiger partial charge in [0, 0.05) is 76.3 Å². The number of ether oxygens (including phenoxy) is 4. The zero-order chi connectivity index (χ0) is 69.9. The first-order valence-corrected chi connectivity index (χ1v) is 36.0. The number of nitrogens with zero attached hydrogens (tertiary/aromatic N) is 7. The van der Waals surface area contributed by atoms with Crippen molar-refractivity contribution >= 4 is 104 Å². The highest BCUT2D eigenvalue weighted by atomic mass is 35.5. The van der Waals surface area contributed by atoms with Gasteiger partial charge in [-0.2, -0.15) is 9.80 Å². The van der Waals surface area contributed by atoms with Crippen molar-refractivity contribution in [3.8, 4) is 0 Å². The summed E-state index contributed by atoms with van der Waals surface area (Å²) in [6, 6.07) is 22.2. The van der Waals surface area contributed by atoms with Gasteiger partial charge in [0.2, 0.25) is 0 Å². The number of thioether (sulfide) groups is 3. The number of carbonyl (C=O) groups excluding carboxylic acids is 4. The average Bonchev–Trinajstić information content (AvgIpc) is 1.52. The van der Waals surface area contributed by atoms with Crippen LogP contribution in [0, 0.1) is 35.2 Å². The quantitative estimate of drug-likeness (QED) is 0.114. The Hall–Kier alpha value is -6.53. The maximum Gasteiger partial charge on any atom is 0.426 e. The molecule has 96 heavy (non-hydrogen) atoms. The van der Waals surface area contributed by atoms with E-state index in [9.17, 15) is 28.0 Å². The summed E-state index contributed by atoms with van der Waals surface area (Å²) in [4.78, 5) is 77.7. The van der Waals surface area contributed by atoms with Crippen LogP contribution in [-0.4, -0.2) is 99.3 Å². The number of nitrogen functional groups attached to an aromatic ring is 1. The van der Waals surface area contributed by atoms with Crippen LogP contribution in [0.4, 0.5) is 38.0 Å². The van der Waals surface area contributed by atoms with E-state index in [2.05, 4.69) is 9.97 Å². The van der Waals surface area contributed by atoms with Gasteiger partial charge in [0.15, 0.2) is 15.5 Å². The van der Waals surface area contributed by atoms with Crippen molar-refractivity contribution in [1.29, 1.82) is 0 Å². The summed E-state index contributed by atoms with van der Waals surface area (Å²) < 4.78 is 67.3. The fourth-order valence-corrected chi connectivity index (χ4v) is 16.8. The topological polar surface area (TPSA) is 227 Å². The van der Waals surface area contributed by atoms with E-state index in [0.717, 1.165) is 83.0 Å². The maximum atomic E-state index is 15.6. The predicted octanol–water partition coefficient (Wildman–Crippen LogP) is 17.9. The normalized spacial score (nSPS) is 23.0. The molecule has 4 amide bonds. The molecule has 2 aromatic heterocycles. The molecule has 0 bridgehead atoms. The zero-order valence-corrected chi connectivity index (χ0v) is 60.4. The Morgan fingerprint density at radius 1 is 0.490 bits per heavy atom. The third kappa shape index (κ3) is 17.8. The lowest BCUT2D eigenvalue weighted by Gasteiger charge is -2.39. The molecular formula is C71H86Cl2F3N9O8S3. The van der Waals surface area contributed by atoms with Gasteiger partial charge in [-0.05, 0) is 205 Å². The molecule has 3 aliphatic heterocycles. The number of fused-ring (bicyclic) bond motifs is 3. The van der Waals surface area contributed by atoms with Gasteiger partial charge in [-0.15, -0.1) is 0 Å². The second-order valence-corrected chi connectivity index (χ2v) is 32.8. The van der Waals surface area contributed by atoms with Crippen molar-refractivity contribution in [3.05, 3.63) is 158 Å². The average molecular weight is 1420 g/mol. The number of carbonyl (C=O) groups is 4. The molecule has 6 aliphatic rings. The molecule has 5 heterocycles. The van der Waals surface area contributed by atoms with E-state index >= 15 is 4.39 Å². The highest BCUT2D eigenvalue weighted by Crippen LogP contribution is 2.55. The Balaban J connectivity index is 0.000000173. The van der Waals surface area contributed by atoms with Crippen molar-refractivity contribution in [2.75, 3.05) is 23.0 Å². The Morgan fingerprint density at radius 2 is 0.823 bits per heavy atom. The molecule has 0 saturated heterocycles. The predicted molar refractivity (Wildman–Crippen MR) is 377 cm³/mol. The van der Waals surface area contributed by atoms with E-state index in [0.29, 0.717) is 80.7 Å². The lowest BCUT2D eigenvalue weighted by molar-refractivity contribution is 0.0127. The number of nitrogens with two attached hydrogens (primary N) is 2. The first-order chi connectivity index (χ1) is 44.9. The number of amidine groups is 3. The van der Waals surface area contributed by atoms with Gasteiger partial charge >= 0.3 is 24.4 Å². The van der Waals surface area contributed by atoms with E-state index in [1.165, 1.54) is 41.7 Å². The van der Waals surface area contributed by atoms with Crippen LogP contribution in [0.25, 0.3) is 0 Å². The van der Waals surface area contributed by atoms with Gasteiger partial charge in [0.05, 0.1) is 26.7 Å². The van der Waals surface area contributed by atoms with Crippen molar-refractivity contribution in [2.24, 2.45) is 38.5 Å². The molecule has 17 nitrogen and oxygen atoms in total. The smallest absolute Gasteiger partial charge is 0.426 e. The second-order valence-electron chi connectivity index (χ2n) is 29.0. The van der Waals surface area contributed by atoms with E-state index in [4.69, 9.17) is 68.6 Å². The zero-order valence-electron chi connectivity index (χ0n) is 56.5. The van der Waals surface area contributed by atoms with Gasteiger partial charge in [-0.3, -0.25) is 15.0 Å². The third-order valence-corrected chi connectivity index (χ3v) is 20.6. The van der Waals surface area contributed by atoms with Gasteiger partial charge in [0.25, 0.3) is 0 Å². The SMILES string of the molecule is CC(C)(C)OC(=O)N(C(=O)OC(C)(C)C)C1=N[C@@]2(c3cc(Cc4ccc(Cl)cn4)ccc3F)CCC[C@H]2CS1.CC(C)(C)OC(=O)N(C(=O)OC(C)(C)C)C1=N[C@@]2(c3cc(N)ccc3F)CCC[C@H]2CS1.NC1=N[C@@]2(c3cc(Cc4ccc(Cl)cn4)ccc3F)CCC[C@H]2CS1. The number of anilines is 1. The van der Waals surface area contributed by atoms with Crippen molar-refractivity contribution in [3.63, 3.8) is 0 Å². The highest BCUT2D eigenvalue weighted by molar-refractivity contribution is 8.14. The highest BCUT2D eigenvalue weighted by Gasteiger charge is 2.53. The minimum atomic E-state index is -0.920. The first kappa shape index (κ1) is 73.7. The van der Waals surface area contributed by atoms with Crippen LogP contribution in [0.1, 0.15) is 180 Å². The monoisotopic (exact) mass is 1420 g/mol. The summed E-state index contributed by atoms with van der Waals surface area (Å²) in [5.41, 5.74) is 11.9. The Morgan fingerprint density at radius 3 is 1.17 bits per heavy atom. The molecule has 0 unspecified atom stereocenters. The van der Waals surface area contributed by atoms with Gasteiger partial charge < -0.3 is 30.4 Å². The molecule has 0 radical (unpaired) electrons. The number of aromatic nitrogens is 2. The molecule has 3 aliphatic carbocycles. The van der Waals surface area contributed by atoms with Crippen molar-refractivity contribution < 1.29 is 51.3 Å². The van der Waals surface area contributed by atoms with Crippen LogP contribution >= 0.6 is 58.5 Å². The third-order valence-electron chi connectivity index (χ3n) is 17.0. The van der Waals surface area contributed by atoms with E-state index in [1.54, 1.807) is 132 Å².